The summed E-state index contributed by atoms with van der Waals surface area (Å²) in [5.41, 5.74) is 7.85. The lowest BCUT2D eigenvalue weighted by molar-refractivity contribution is 0.620. The van der Waals surface area contributed by atoms with Crippen molar-refractivity contribution in [3.05, 3.63) is 55.4 Å². The third-order valence-corrected chi connectivity index (χ3v) is 4.40. The third-order valence-electron chi connectivity index (χ3n) is 2.98. The SMILES string of the molecule is C[C@@H](Cc1cc(Br)cnc1N)c1cc(F)ccc1I. The average molecular weight is 435 g/mol. The Labute approximate surface area is 133 Å². The molecule has 1 aromatic heterocycles. The van der Waals surface area contributed by atoms with Crippen molar-refractivity contribution in [2.24, 2.45) is 0 Å². The van der Waals surface area contributed by atoms with Crippen molar-refractivity contribution in [1.29, 1.82) is 0 Å². The van der Waals surface area contributed by atoms with Crippen LogP contribution in [-0.2, 0) is 6.42 Å². The fourth-order valence-corrected chi connectivity index (χ4v) is 3.23. The lowest BCUT2D eigenvalue weighted by Gasteiger charge is -2.15. The zero-order chi connectivity index (χ0) is 14.0. The van der Waals surface area contributed by atoms with Crippen LogP contribution in [0.5, 0.6) is 0 Å². The monoisotopic (exact) mass is 434 g/mol. The van der Waals surface area contributed by atoms with Crippen LogP contribution < -0.4 is 5.73 Å². The van der Waals surface area contributed by atoms with Gasteiger partial charge in [-0.3, -0.25) is 0 Å². The highest BCUT2D eigenvalue weighted by Gasteiger charge is 2.13. The molecule has 0 spiro atoms. The van der Waals surface area contributed by atoms with Crippen LogP contribution >= 0.6 is 38.5 Å². The molecule has 2 aromatic rings. The Hall–Kier alpha value is -0.690. The quantitative estimate of drug-likeness (QED) is 0.721. The van der Waals surface area contributed by atoms with Crippen molar-refractivity contribution in [3.8, 4) is 0 Å². The molecule has 0 saturated heterocycles. The van der Waals surface area contributed by atoms with Gasteiger partial charge >= 0.3 is 0 Å². The molecule has 0 fully saturated rings. The minimum absolute atomic E-state index is 0.181. The van der Waals surface area contributed by atoms with Crippen LogP contribution in [0.25, 0.3) is 0 Å². The zero-order valence-corrected chi connectivity index (χ0v) is 14.1. The van der Waals surface area contributed by atoms with E-state index in [4.69, 9.17) is 5.73 Å². The molecule has 0 aliphatic heterocycles. The normalized spacial score (nSPS) is 12.4. The van der Waals surface area contributed by atoms with Crippen molar-refractivity contribution in [2.45, 2.75) is 19.3 Å². The van der Waals surface area contributed by atoms with E-state index in [0.717, 1.165) is 25.6 Å². The second-order valence-electron chi connectivity index (χ2n) is 4.47. The molecule has 0 bridgehead atoms. The number of aromatic nitrogens is 1. The minimum Gasteiger partial charge on any atom is -0.383 e. The van der Waals surface area contributed by atoms with Crippen molar-refractivity contribution in [3.63, 3.8) is 0 Å². The Morgan fingerprint density at radius 2 is 2.16 bits per heavy atom. The summed E-state index contributed by atoms with van der Waals surface area (Å²) in [6.07, 6.45) is 2.41. The van der Waals surface area contributed by atoms with Crippen molar-refractivity contribution in [2.75, 3.05) is 5.73 Å². The van der Waals surface area contributed by atoms with Crippen molar-refractivity contribution >= 4 is 44.3 Å². The molecule has 0 amide bonds. The molecule has 0 aliphatic carbocycles. The van der Waals surface area contributed by atoms with Gasteiger partial charge in [0.05, 0.1) is 0 Å². The summed E-state index contributed by atoms with van der Waals surface area (Å²) in [5, 5.41) is 0. The number of nitrogens with two attached hydrogens (primary N) is 1. The van der Waals surface area contributed by atoms with Gasteiger partial charge in [-0.15, -0.1) is 0 Å². The zero-order valence-electron chi connectivity index (χ0n) is 10.3. The van der Waals surface area contributed by atoms with Gasteiger partial charge in [0, 0.05) is 14.2 Å². The van der Waals surface area contributed by atoms with Crippen LogP contribution in [0.3, 0.4) is 0 Å². The summed E-state index contributed by atoms with van der Waals surface area (Å²) >= 11 is 5.62. The first kappa shape index (κ1) is 14.7. The first-order chi connectivity index (χ1) is 8.97. The van der Waals surface area contributed by atoms with E-state index in [0.29, 0.717) is 5.82 Å². The second kappa shape index (κ2) is 6.17. The first-order valence-corrected chi connectivity index (χ1v) is 7.69. The molecule has 1 atom stereocenters. The first-order valence-electron chi connectivity index (χ1n) is 5.82. The molecule has 0 aliphatic rings. The average Bonchev–Trinajstić information content (AvgIpc) is 2.36. The van der Waals surface area contributed by atoms with Crippen LogP contribution in [0.2, 0.25) is 0 Å². The standard InChI is InChI=1S/C14H13BrFIN2/c1-8(12-6-11(16)2-3-13(12)17)4-9-5-10(15)7-19-14(9)18/h2-3,5-8H,4H2,1H3,(H2,18,19)/t8-/m0/s1. The van der Waals surface area contributed by atoms with E-state index in [-0.39, 0.29) is 11.7 Å². The molecule has 19 heavy (non-hydrogen) atoms. The molecule has 2 nitrogen and oxygen atoms in total. The third kappa shape index (κ3) is 3.66. The van der Waals surface area contributed by atoms with E-state index >= 15 is 0 Å². The number of hydrogen-bond acceptors (Lipinski definition) is 2. The van der Waals surface area contributed by atoms with Crippen molar-refractivity contribution < 1.29 is 4.39 Å². The fourth-order valence-electron chi connectivity index (χ4n) is 1.99. The van der Waals surface area contributed by atoms with Gasteiger partial charge in [0.1, 0.15) is 11.6 Å². The maximum atomic E-state index is 13.3. The summed E-state index contributed by atoms with van der Waals surface area (Å²) in [7, 11) is 0. The van der Waals surface area contributed by atoms with Gasteiger partial charge in [0.2, 0.25) is 0 Å². The Morgan fingerprint density at radius 1 is 1.42 bits per heavy atom. The minimum atomic E-state index is -0.206. The Morgan fingerprint density at radius 3 is 2.89 bits per heavy atom. The molecule has 1 aromatic carbocycles. The summed E-state index contributed by atoms with van der Waals surface area (Å²) in [6, 6.07) is 6.83. The molecule has 0 radical (unpaired) electrons. The van der Waals surface area contributed by atoms with Crippen LogP contribution in [0, 0.1) is 9.39 Å². The van der Waals surface area contributed by atoms with E-state index in [1.807, 2.05) is 6.07 Å². The molecule has 5 heteroatoms. The van der Waals surface area contributed by atoms with E-state index in [1.165, 1.54) is 6.07 Å². The number of anilines is 1. The summed E-state index contributed by atoms with van der Waals surface area (Å²) in [5.74, 6) is 0.505. The van der Waals surface area contributed by atoms with Gasteiger partial charge < -0.3 is 5.73 Å². The summed E-state index contributed by atoms with van der Waals surface area (Å²) < 4.78 is 15.3. The molecule has 0 saturated carbocycles. The molecule has 2 N–H and O–H groups in total. The smallest absolute Gasteiger partial charge is 0.126 e. The number of rotatable bonds is 3. The molecule has 1 heterocycles. The second-order valence-corrected chi connectivity index (χ2v) is 6.55. The lowest BCUT2D eigenvalue weighted by Crippen LogP contribution is -2.05. The lowest BCUT2D eigenvalue weighted by atomic mass is 9.94. The number of nitrogens with zero attached hydrogens (tertiary/aromatic N) is 1. The predicted octanol–water partition coefficient (Wildman–Crippen LogP) is 4.52. The molecule has 2 rings (SSSR count). The Kier molecular flexibility index (Phi) is 4.78. The van der Waals surface area contributed by atoms with Gasteiger partial charge in [-0.25, -0.2) is 9.37 Å². The summed E-state index contributed by atoms with van der Waals surface area (Å²) in [4.78, 5) is 4.12. The molecule has 100 valence electrons. The summed E-state index contributed by atoms with van der Waals surface area (Å²) in [6.45, 7) is 2.07. The van der Waals surface area contributed by atoms with Crippen LogP contribution in [0.1, 0.15) is 24.0 Å². The highest BCUT2D eigenvalue weighted by atomic mass is 127. The van der Waals surface area contributed by atoms with E-state index in [2.05, 4.69) is 50.4 Å². The van der Waals surface area contributed by atoms with Gasteiger partial charge in [0.25, 0.3) is 0 Å². The highest BCUT2D eigenvalue weighted by molar-refractivity contribution is 14.1. The van der Waals surface area contributed by atoms with Gasteiger partial charge in [-0.2, -0.15) is 0 Å². The highest BCUT2D eigenvalue weighted by Crippen LogP contribution is 2.28. The molecule has 0 unspecified atom stereocenters. The molecular formula is C14H13BrFIN2. The van der Waals surface area contributed by atoms with Crippen LogP contribution in [-0.4, -0.2) is 4.98 Å². The van der Waals surface area contributed by atoms with Crippen LogP contribution in [0.4, 0.5) is 10.2 Å². The number of pyridine rings is 1. The maximum absolute atomic E-state index is 13.3. The Bertz CT molecular complexity index is 604. The maximum Gasteiger partial charge on any atom is 0.126 e. The van der Waals surface area contributed by atoms with E-state index in [9.17, 15) is 4.39 Å². The fraction of sp³-hybridized carbons (Fsp3) is 0.214. The van der Waals surface area contributed by atoms with Gasteiger partial charge in [-0.05, 0) is 86.3 Å². The van der Waals surface area contributed by atoms with E-state index < -0.39 is 0 Å². The number of benzene rings is 1. The van der Waals surface area contributed by atoms with Crippen LogP contribution in [0.15, 0.2) is 34.9 Å². The van der Waals surface area contributed by atoms with Crippen molar-refractivity contribution in [1.82, 2.24) is 4.98 Å². The number of nitrogen functional groups attached to an aromatic ring is 1. The van der Waals surface area contributed by atoms with E-state index in [1.54, 1.807) is 18.3 Å². The van der Waals surface area contributed by atoms with Gasteiger partial charge in [0.15, 0.2) is 0 Å². The topological polar surface area (TPSA) is 38.9 Å². The van der Waals surface area contributed by atoms with Gasteiger partial charge in [-0.1, -0.05) is 6.92 Å². The largest absolute Gasteiger partial charge is 0.383 e. The number of halogens is 3. The Balaban J connectivity index is 2.27. The predicted molar refractivity (Wildman–Crippen MR) is 87.6 cm³/mol. The molecular weight excluding hydrogens is 422 g/mol. The number of hydrogen-bond donors (Lipinski definition) is 1.